The van der Waals surface area contributed by atoms with Crippen LogP contribution in [0.1, 0.15) is 24.5 Å². The van der Waals surface area contributed by atoms with Gasteiger partial charge in [0.1, 0.15) is 12.6 Å². The topological polar surface area (TPSA) is 86.8 Å². The molecule has 3 rings (SSSR count). The van der Waals surface area contributed by atoms with E-state index in [0.717, 1.165) is 17.0 Å². The number of nitrogens with zero attached hydrogens (tertiary/aromatic N) is 2. The second-order valence-corrected chi connectivity index (χ2v) is 11.3. The number of nitrogens with one attached hydrogen (secondary N) is 1. The minimum atomic E-state index is -4.89. The standard InChI is InChI=1S/C27H26Cl2F3N3O4S/c1-3-24(26(37)33-2)34(16-18-9-7-8-12-22(18)28)25(36)17-35(40(38,39)20-10-5-4-6-11-20)19-13-14-23(29)21(15-19)27(30,31)32/h4-15,24H,3,16-17H2,1-2H3,(H,33,37)/t24-/m0/s1. The van der Waals surface area contributed by atoms with E-state index < -0.39 is 56.9 Å². The van der Waals surface area contributed by atoms with Gasteiger partial charge < -0.3 is 10.2 Å². The first-order valence-corrected chi connectivity index (χ1v) is 14.2. The number of alkyl halides is 3. The molecular weight excluding hydrogens is 590 g/mol. The second kappa shape index (κ2) is 12.9. The van der Waals surface area contributed by atoms with Gasteiger partial charge in [-0.15, -0.1) is 0 Å². The smallest absolute Gasteiger partial charge is 0.357 e. The molecule has 1 N–H and O–H groups in total. The zero-order valence-electron chi connectivity index (χ0n) is 21.5. The highest BCUT2D eigenvalue weighted by Gasteiger charge is 2.37. The molecular formula is C27H26Cl2F3N3O4S. The van der Waals surface area contributed by atoms with Gasteiger partial charge in [0.15, 0.2) is 0 Å². The van der Waals surface area contributed by atoms with Gasteiger partial charge in [-0.3, -0.25) is 13.9 Å². The average molecular weight is 616 g/mol. The Labute approximate surface area is 240 Å². The third kappa shape index (κ3) is 7.07. The normalized spacial score (nSPS) is 12.5. The Morgan fingerprint density at radius 1 is 0.950 bits per heavy atom. The highest BCUT2D eigenvalue weighted by molar-refractivity contribution is 7.92. The highest BCUT2D eigenvalue weighted by atomic mass is 35.5. The minimum Gasteiger partial charge on any atom is -0.357 e. The Hall–Kier alpha value is -3.28. The lowest BCUT2D eigenvalue weighted by molar-refractivity contribution is -0.140. The zero-order valence-corrected chi connectivity index (χ0v) is 23.8. The molecule has 0 aliphatic rings. The molecule has 0 aliphatic carbocycles. The summed E-state index contributed by atoms with van der Waals surface area (Å²) in [7, 11) is -3.16. The fourth-order valence-electron chi connectivity index (χ4n) is 4.03. The molecule has 0 unspecified atom stereocenters. The van der Waals surface area contributed by atoms with Crippen molar-refractivity contribution in [3.8, 4) is 0 Å². The number of likely N-dealkylation sites (N-methyl/N-ethyl adjacent to an activating group) is 1. The van der Waals surface area contributed by atoms with Crippen molar-refractivity contribution in [2.24, 2.45) is 0 Å². The van der Waals surface area contributed by atoms with Gasteiger partial charge in [-0.1, -0.05) is 66.5 Å². The summed E-state index contributed by atoms with van der Waals surface area (Å²) in [5, 5.41) is 2.17. The van der Waals surface area contributed by atoms with Crippen LogP contribution in [0.15, 0.2) is 77.7 Å². The first-order chi connectivity index (χ1) is 18.8. The van der Waals surface area contributed by atoms with E-state index in [2.05, 4.69) is 5.32 Å². The van der Waals surface area contributed by atoms with Gasteiger partial charge in [-0.05, 0) is 48.4 Å². The molecule has 0 fully saturated rings. The molecule has 214 valence electrons. The van der Waals surface area contributed by atoms with Crippen molar-refractivity contribution in [1.29, 1.82) is 0 Å². The van der Waals surface area contributed by atoms with Gasteiger partial charge in [-0.2, -0.15) is 13.2 Å². The molecule has 0 aromatic heterocycles. The van der Waals surface area contributed by atoms with Gasteiger partial charge in [0.2, 0.25) is 11.8 Å². The molecule has 0 aliphatic heterocycles. The van der Waals surface area contributed by atoms with E-state index in [1.54, 1.807) is 37.3 Å². The summed E-state index contributed by atoms with van der Waals surface area (Å²) in [4.78, 5) is 27.5. The molecule has 13 heteroatoms. The Morgan fingerprint density at radius 3 is 2.15 bits per heavy atom. The maximum absolute atomic E-state index is 13.8. The monoisotopic (exact) mass is 615 g/mol. The third-order valence-electron chi connectivity index (χ3n) is 6.08. The van der Waals surface area contributed by atoms with Crippen molar-refractivity contribution in [2.75, 3.05) is 17.9 Å². The molecule has 7 nitrogen and oxygen atoms in total. The quantitative estimate of drug-likeness (QED) is 0.314. The largest absolute Gasteiger partial charge is 0.417 e. The van der Waals surface area contributed by atoms with Gasteiger partial charge >= 0.3 is 6.18 Å². The van der Waals surface area contributed by atoms with Crippen LogP contribution in [0.2, 0.25) is 10.0 Å². The van der Waals surface area contributed by atoms with E-state index in [1.165, 1.54) is 31.3 Å². The first kappa shape index (κ1) is 31.3. The van der Waals surface area contributed by atoms with Crippen molar-refractivity contribution in [3.63, 3.8) is 0 Å². The van der Waals surface area contributed by atoms with E-state index in [9.17, 15) is 31.2 Å². The summed E-state index contributed by atoms with van der Waals surface area (Å²) >= 11 is 12.1. The van der Waals surface area contributed by atoms with Crippen LogP contribution in [-0.2, 0) is 32.3 Å². The number of carbonyl (C=O) groups excluding carboxylic acids is 2. The van der Waals surface area contributed by atoms with Crippen molar-refractivity contribution >= 4 is 50.7 Å². The van der Waals surface area contributed by atoms with Crippen LogP contribution in [-0.4, -0.2) is 44.8 Å². The van der Waals surface area contributed by atoms with E-state index >= 15 is 0 Å². The van der Waals surface area contributed by atoms with Crippen molar-refractivity contribution < 1.29 is 31.2 Å². The van der Waals surface area contributed by atoms with Crippen LogP contribution in [0.4, 0.5) is 18.9 Å². The molecule has 2 amide bonds. The summed E-state index contributed by atoms with van der Waals surface area (Å²) in [6.45, 7) is 0.603. The number of carbonyl (C=O) groups is 2. The number of rotatable bonds is 10. The van der Waals surface area contributed by atoms with Crippen LogP contribution < -0.4 is 9.62 Å². The molecule has 0 bridgehead atoms. The van der Waals surface area contributed by atoms with Crippen LogP contribution >= 0.6 is 23.2 Å². The van der Waals surface area contributed by atoms with Crippen LogP contribution in [0, 0.1) is 0 Å². The molecule has 40 heavy (non-hydrogen) atoms. The summed E-state index contributed by atoms with van der Waals surface area (Å²) in [6, 6.07) is 15.1. The Bertz CT molecular complexity index is 1470. The lowest BCUT2D eigenvalue weighted by Crippen LogP contribution is -2.51. The number of sulfonamides is 1. The highest BCUT2D eigenvalue weighted by Crippen LogP contribution is 2.38. The maximum Gasteiger partial charge on any atom is 0.417 e. The van der Waals surface area contributed by atoms with E-state index in [1.807, 2.05) is 0 Å². The number of hydrogen-bond donors (Lipinski definition) is 1. The summed E-state index contributed by atoms with van der Waals surface area (Å²) in [5.74, 6) is -1.34. The van der Waals surface area contributed by atoms with Crippen molar-refractivity contribution in [3.05, 3.63) is 94.0 Å². The Kier molecular flexibility index (Phi) is 10.1. The lowest BCUT2D eigenvalue weighted by Gasteiger charge is -2.33. The molecule has 0 heterocycles. The number of hydrogen-bond acceptors (Lipinski definition) is 4. The Balaban J connectivity index is 2.15. The van der Waals surface area contributed by atoms with Crippen molar-refractivity contribution in [2.45, 2.75) is 37.0 Å². The minimum absolute atomic E-state index is 0.155. The number of amides is 2. The number of benzene rings is 3. The molecule has 3 aromatic rings. The molecule has 0 radical (unpaired) electrons. The fraction of sp³-hybridized carbons (Fsp3) is 0.259. The third-order valence-corrected chi connectivity index (χ3v) is 8.57. The predicted octanol–water partition coefficient (Wildman–Crippen LogP) is 5.76. The van der Waals surface area contributed by atoms with Crippen LogP contribution in [0.3, 0.4) is 0 Å². The zero-order chi connectivity index (χ0) is 29.7. The second-order valence-electron chi connectivity index (χ2n) is 8.64. The molecule has 0 spiro atoms. The average Bonchev–Trinajstić information content (AvgIpc) is 2.92. The van der Waals surface area contributed by atoms with Gasteiger partial charge in [0.05, 0.1) is 21.2 Å². The predicted molar refractivity (Wildman–Crippen MR) is 148 cm³/mol. The van der Waals surface area contributed by atoms with E-state index in [4.69, 9.17) is 23.2 Å². The van der Waals surface area contributed by atoms with Crippen molar-refractivity contribution in [1.82, 2.24) is 10.2 Å². The lowest BCUT2D eigenvalue weighted by atomic mass is 10.1. The molecule has 1 atom stereocenters. The summed E-state index contributed by atoms with van der Waals surface area (Å²) < 4.78 is 69.0. The SMILES string of the molecule is CC[C@@H](C(=O)NC)N(Cc1ccccc1Cl)C(=O)CN(c1ccc(Cl)c(C(F)(F)F)c1)S(=O)(=O)c1ccccc1. The van der Waals surface area contributed by atoms with Gasteiger partial charge in [0, 0.05) is 18.6 Å². The van der Waals surface area contributed by atoms with Gasteiger partial charge in [-0.25, -0.2) is 8.42 Å². The summed E-state index contributed by atoms with van der Waals surface area (Å²) in [5.41, 5.74) is -1.21. The molecule has 3 aromatic carbocycles. The van der Waals surface area contributed by atoms with Gasteiger partial charge in [0.25, 0.3) is 10.0 Å². The Morgan fingerprint density at radius 2 is 1.57 bits per heavy atom. The van der Waals surface area contributed by atoms with Crippen LogP contribution in [0.5, 0.6) is 0 Å². The summed E-state index contributed by atoms with van der Waals surface area (Å²) in [6.07, 6.45) is -4.72. The first-order valence-electron chi connectivity index (χ1n) is 12.0. The fourth-order valence-corrected chi connectivity index (χ4v) is 5.88. The number of halogens is 5. The van der Waals surface area contributed by atoms with E-state index in [-0.39, 0.29) is 17.9 Å². The maximum atomic E-state index is 13.8. The molecule has 0 saturated carbocycles. The van der Waals surface area contributed by atoms with Crippen LogP contribution in [0.25, 0.3) is 0 Å². The molecule has 0 saturated heterocycles. The van der Waals surface area contributed by atoms with E-state index in [0.29, 0.717) is 21.0 Å². The number of anilines is 1.